The van der Waals surface area contributed by atoms with Gasteiger partial charge in [-0.1, -0.05) is 32.4 Å². The second kappa shape index (κ2) is 8.62. The number of sulfone groups is 1. The average molecular weight is 353 g/mol. The molecule has 0 spiro atoms. The maximum absolute atomic E-state index is 12.4. The Morgan fingerprint density at radius 3 is 2.54 bits per heavy atom. The quantitative estimate of drug-likeness (QED) is 0.818. The molecule has 1 aliphatic heterocycles. The van der Waals surface area contributed by atoms with Crippen LogP contribution in [0.25, 0.3) is 0 Å². The molecule has 1 amide bonds. The van der Waals surface area contributed by atoms with E-state index in [9.17, 15) is 13.2 Å². The first-order valence-electron chi connectivity index (χ1n) is 8.76. The lowest BCUT2D eigenvalue weighted by Gasteiger charge is -2.29. The number of likely N-dealkylation sites (tertiary alicyclic amines) is 1. The fraction of sp³-hybridized carbons (Fsp3) is 0.611. The van der Waals surface area contributed by atoms with Crippen LogP contribution < -0.4 is 5.32 Å². The lowest BCUT2D eigenvalue weighted by Crippen LogP contribution is -2.38. The van der Waals surface area contributed by atoms with Crippen molar-refractivity contribution in [1.29, 1.82) is 0 Å². The number of hydrogen-bond acceptors (Lipinski definition) is 4. The van der Waals surface area contributed by atoms with Crippen molar-refractivity contribution in [2.24, 2.45) is 5.92 Å². The molecule has 0 unspecified atom stereocenters. The maximum atomic E-state index is 12.4. The Morgan fingerprint density at radius 1 is 1.21 bits per heavy atom. The van der Waals surface area contributed by atoms with E-state index in [-0.39, 0.29) is 22.1 Å². The highest BCUT2D eigenvalue weighted by atomic mass is 32.2. The van der Waals surface area contributed by atoms with Gasteiger partial charge in [-0.3, -0.25) is 4.79 Å². The van der Waals surface area contributed by atoms with E-state index in [4.69, 9.17) is 0 Å². The highest BCUT2D eigenvalue weighted by Crippen LogP contribution is 2.17. The topological polar surface area (TPSA) is 66.5 Å². The molecule has 1 N–H and O–H groups in total. The summed E-state index contributed by atoms with van der Waals surface area (Å²) in [6.07, 6.45) is 3.81. The molecule has 1 aromatic rings. The van der Waals surface area contributed by atoms with Gasteiger partial charge >= 0.3 is 0 Å². The molecule has 24 heavy (non-hydrogen) atoms. The van der Waals surface area contributed by atoms with E-state index < -0.39 is 9.84 Å². The Balaban J connectivity index is 1.95. The molecule has 0 bridgehead atoms. The van der Waals surface area contributed by atoms with Crippen molar-refractivity contribution in [3.05, 3.63) is 29.8 Å². The lowest BCUT2D eigenvalue weighted by molar-refractivity contribution is 0.0939. The van der Waals surface area contributed by atoms with Crippen molar-refractivity contribution in [1.82, 2.24) is 10.2 Å². The van der Waals surface area contributed by atoms with Crippen LogP contribution in [0, 0.1) is 5.92 Å². The maximum Gasteiger partial charge on any atom is 0.252 e. The van der Waals surface area contributed by atoms with E-state index in [1.54, 1.807) is 25.1 Å². The third-order valence-electron chi connectivity index (χ3n) is 4.48. The summed E-state index contributed by atoms with van der Waals surface area (Å²) in [5, 5.41) is 2.89. The van der Waals surface area contributed by atoms with Crippen LogP contribution in [-0.2, 0) is 9.84 Å². The largest absolute Gasteiger partial charge is 0.352 e. The van der Waals surface area contributed by atoms with Gasteiger partial charge in [-0.2, -0.15) is 0 Å². The molecule has 0 aromatic heterocycles. The first-order valence-corrected chi connectivity index (χ1v) is 10.4. The minimum absolute atomic E-state index is 0.0113. The molecule has 134 valence electrons. The average Bonchev–Trinajstić information content (AvgIpc) is 2.60. The first kappa shape index (κ1) is 18.9. The van der Waals surface area contributed by atoms with E-state index in [1.165, 1.54) is 25.3 Å². The summed E-state index contributed by atoms with van der Waals surface area (Å²) in [6.45, 7) is 7.49. The molecule has 1 saturated heterocycles. The van der Waals surface area contributed by atoms with Crippen LogP contribution in [0.2, 0.25) is 0 Å². The molecule has 0 radical (unpaired) electrons. The number of carbonyl (C=O) groups is 1. The van der Waals surface area contributed by atoms with Crippen LogP contribution in [-0.4, -0.2) is 51.2 Å². The lowest BCUT2D eigenvalue weighted by atomic mass is 10.1. The molecule has 1 fully saturated rings. The van der Waals surface area contributed by atoms with Crippen LogP contribution >= 0.6 is 0 Å². The van der Waals surface area contributed by atoms with Gasteiger partial charge < -0.3 is 10.2 Å². The SMILES string of the molecule is CCS(=O)(=O)c1ccccc1C(=O)NC[C@H](C)CN1CCCCC1. The summed E-state index contributed by atoms with van der Waals surface area (Å²) in [6, 6.07) is 6.43. The predicted molar refractivity (Wildman–Crippen MR) is 96.0 cm³/mol. The van der Waals surface area contributed by atoms with Gasteiger partial charge in [0.15, 0.2) is 9.84 Å². The second-order valence-corrected chi connectivity index (χ2v) is 8.82. The number of piperidine rings is 1. The van der Waals surface area contributed by atoms with Gasteiger partial charge in [-0.05, 0) is 44.0 Å². The van der Waals surface area contributed by atoms with Crippen LogP contribution in [0.4, 0.5) is 0 Å². The Morgan fingerprint density at radius 2 is 1.88 bits per heavy atom. The van der Waals surface area contributed by atoms with Crippen molar-refractivity contribution in [2.45, 2.75) is 38.0 Å². The van der Waals surface area contributed by atoms with Crippen molar-refractivity contribution < 1.29 is 13.2 Å². The third kappa shape index (κ3) is 5.05. The molecule has 2 rings (SSSR count). The summed E-state index contributed by atoms with van der Waals surface area (Å²) < 4.78 is 24.3. The van der Waals surface area contributed by atoms with Crippen molar-refractivity contribution in [3.8, 4) is 0 Å². The van der Waals surface area contributed by atoms with Gasteiger partial charge in [0.2, 0.25) is 0 Å². The molecule has 6 heteroatoms. The molecule has 1 heterocycles. The Hall–Kier alpha value is -1.40. The van der Waals surface area contributed by atoms with Gasteiger partial charge in [0, 0.05) is 13.1 Å². The minimum Gasteiger partial charge on any atom is -0.352 e. The Kier molecular flexibility index (Phi) is 6.80. The highest BCUT2D eigenvalue weighted by molar-refractivity contribution is 7.91. The van der Waals surface area contributed by atoms with Crippen LogP contribution in [0.5, 0.6) is 0 Å². The summed E-state index contributed by atoms with van der Waals surface area (Å²) in [7, 11) is -3.40. The van der Waals surface area contributed by atoms with Gasteiger partial charge in [0.1, 0.15) is 0 Å². The third-order valence-corrected chi connectivity index (χ3v) is 6.26. The van der Waals surface area contributed by atoms with E-state index in [0.29, 0.717) is 12.5 Å². The molecule has 5 nitrogen and oxygen atoms in total. The van der Waals surface area contributed by atoms with E-state index in [1.807, 2.05) is 0 Å². The highest BCUT2D eigenvalue weighted by Gasteiger charge is 2.21. The number of carbonyl (C=O) groups excluding carboxylic acids is 1. The van der Waals surface area contributed by atoms with Crippen molar-refractivity contribution in [2.75, 3.05) is 31.9 Å². The number of hydrogen-bond donors (Lipinski definition) is 1. The molecular formula is C18H28N2O3S. The minimum atomic E-state index is -3.40. The van der Waals surface area contributed by atoms with E-state index in [0.717, 1.165) is 19.6 Å². The zero-order valence-electron chi connectivity index (χ0n) is 14.6. The fourth-order valence-electron chi connectivity index (χ4n) is 3.09. The molecule has 0 saturated carbocycles. The number of rotatable bonds is 7. The fourth-order valence-corrected chi connectivity index (χ4v) is 4.18. The van der Waals surface area contributed by atoms with Gasteiger partial charge in [0.25, 0.3) is 5.91 Å². The summed E-state index contributed by atoms with van der Waals surface area (Å²) in [5.74, 6) is 0.0120. The van der Waals surface area contributed by atoms with Gasteiger partial charge in [-0.15, -0.1) is 0 Å². The predicted octanol–water partition coefficient (Wildman–Crippen LogP) is 2.33. The van der Waals surface area contributed by atoms with E-state index in [2.05, 4.69) is 17.1 Å². The number of benzene rings is 1. The zero-order chi connectivity index (χ0) is 17.6. The Labute approximate surface area is 145 Å². The van der Waals surface area contributed by atoms with Crippen LogP contribution in [0.3, 0.4) is 0 Å². The second-order valence-electron chi connectivity index (χ2n) is 6.58. The zero-order valence-corrected chi connectivity index (χ0v) is 15.4. The molecular weight excluding hydrogens is 324 g/mol. The monoisotopic (exact) mass is 352 g/mol. The van der Waals surface area contributed by atoms with Crippen LogP contribution in [0.1, 0.15) is 43.5 Å². The molecule has 0 aliphatic carbocycles. The molecule has 1 aliphatic rings. The standard InChI is InChI=1S/C18H28N2O3S/c1-3-24(22,23)17-10-6-5-9-16(17)18(21)19-13-15(2)14-20-11-7-4-8-12-20/h5-6,9-10,15H,3-4,7-8,11-14H2,1-2H3,(H,19,21)/t15-/m0/s1. The van der Waals surface area contributed by atoms with E-state index >= 15 is 0 Å². The summed E-state index contributed by atoms with van der Waals surface area (Å²) in [4.78, 5) is 15.0. The normalized spacial score (nSPS) is 17.4. The van der Waals surface area contributed by atoms with Gasteiger partial charge in [-0.25, -0.2) is 8.42 Å². The van der Waals surface area contributed by atoms with Crippen LogP contribution in [0.15, 0.2) is 29.2 Å². The van der Waals surface area contributed by atoms with Crippen molar-refractivity contribution in [3.63, 3.8) is 0 Å². The number of nitrogens with one attached hydrogen (secondary N) is 1. The molecule has 1 aromatic carbocycles. The van der Waals surface area contributed by atoms with Crippen molar-refractivity contribution >= 4 is 15.7 Å². The molecule has 1 atom stereocenters. The summed E-state index contributed by atoms with van der Waals surface area (Å²) in [5.41, 5.74) is 0.240. The first-order chi connectivity index (χ1) is 11.4. The smallest absolute Gasteiger partial charge is 0.252 e. The van der Waals surface area contributed by atoms with Gasteiger partial charge in [0.05, 0.1) is 16.2 Å². The Bertz CT molecular complexity index is 652. The number of nitrogens with zero attached hydrogens (tertiary/aromatic N) is 1. The number of amides is 1. The summed E-state index contributed by atoms with van der Waals surface area (Å²) >= 11 is 0.